The van der Waals surface area contributed by atoms with Gasteiger partial charge in [-0.25, -0.2) is 4.39 Å². The Balaban J connectivity index is 2.26. The summed E-state index contributed by atoms with van der Waals surface area (Å²) in [5.41, 5.74) is 1.69. The summed E-state index contributed by atoms with van der Waals surface area (Å²) < 4.78 is 13.3. The highest BCUT2D eigenvalue weighted by atomic mass is 19.1. The molecule has 1 unspecified atom stereocenters. The summed E-state index contributed by atoms with van der Waals surface area (Å²) in [7, 11) is 0. The number of piperidine rings is 1. The third-order valence-electron chi connectivity index (χ3n) is 3.88. The second kappa shape index (κ2) is 5.70. The third kappa shape index (κ3) is 2.83. The van der Waals surface area contributed by atoms with Gasteiger partial charge in [-0.3, -0.25) is 0 Å². The van der Waals surface area contributed by atoms with E-state index in [1.165, 1.54) is 31.4 Å². The summed E-state index contributed by atoms with van der Waals surface area (Å²) in [5.74, 6) is 0.435. The third-order valence-corrected chi connectivity index (χ3v) is 3.88. The molecule has 1 aromatic carbocycles. The van der Waals surface area contributed by atoms with Crippen LogP contribution in [0.2, 0.25) is 0 Å². The van der Waals surface area contributed by atoms with Gasteiger partial charge in [-0.2, -0.15) is 0 Å². The summed E-state index contributed by atoms with van der Waals surface area (Å²) >= 11 is 0. The average molecular weight is 251 g/mol. The summed E-state index contributed by atoms with van der Waals surface area (Å²) in [6, 6.07) is 4.74. The van der Waals surface area contributed by atoms with Crippen LogP contribution in [0.25, 0.3) is 0 Å². The molecule has 100 valence electrons. The van der Waals surface area contributed by atoms with Crippen LogP contribution in [0.1, 0.15) is 44.8 Å². The molecular weight excluding hydrogens is 229 g/mol. The van der Waals surface area contributed by atoms with Gasteiger partial charge in [0.15, 0.2) is 0 Å². The topological polar surface area (TPSA) is 23.5 Å². The standard InChI is InChI=1S/C15H22FNO/c1-3-12-5-4-8-17(10-12)15-7-6-13(16)9-14(15)11(2)18/h6-7,9,11-12,18H,3-5,8,10H2,1-2H3/t11-,12?/m0/s1. The lowest BCUT2D eigenvalue weighted by atomic mass is 9.94. The fourth-order valence-corrected chi connectivity index (χ4v) is 2.77. The van der Waals surface area contributed by atoms with Gasteiger partial charge in [0, 0.05) is 24.3 Å². The number of aliphatic hydroxyl groups is 1. The van der Waals surface area contributed by atoms with Crippen molar-refractivity contribution in [3.63, 3.8) is 0 Å². The fourth-order valence-electron chi connectivity index (χ4n) is 2.77. The minimum absolute atomic E-state index is 0.279. The molecule has 3 heteroatoms. The van der Waals surface area contributed by atoms with Crippen LogP contribution >= 0.6 is 0 Å². The van der Waals surface area contributed by atoms with E-state index in [1.54, 1.807) is 13.0 Å². The lowest BCUT2D eigenvalue weighted by Crippen LogP contribution is -2.35. The molecule has 0 aromatic heterocycles. The molecule has 1 aliphatic rings. The van der Waals surface area contributed by atoms with Gasteiger partial charge < -0.3 is 10.0 Å². The van der Waals surface area contributed by atoms with E-state index in [0.717, 1.165) is 18.8 Å². The minimum atomic E-state index is -0.627. The van der Waals surface area contributed by atoms with Crippen LogP contribution in [-0.4, -0.2) is 18.2 Å². The van der Waals surface area contributed by atoms with E-state index in [2.05, 4.69) is 11.8 Å². The van der Waals surface area contributed by atoms with Gasteiger partial charge in [0.05, 0.1) is 6.10 Å². The molecule has 18 heavy (non-hydrogen) atoms. The van der Waals surface area contributed by atoms with E-state index < -0.39 is 6.10 Å². The number of nitrogens with zero attached hydrogens (tertiary/aromatic N) is 1. The second-order valence-electron chi connectivity index (χ2n) is 5.24. The number of halogens is 1. The molecule has 2 atom stereocenters. The number of hydrogen-bond acceptors (Lipinski definition) is 2. The minimum Gasteiger partial charge on any atom is -0.389 e. The zero-order valence-corrected chi connectivity index (χ0v) is 11.2. The van der Waals surface area contributed by atoms with Gasteiger partial charge >= 0.3 is 0 Å². The van der Waals surface area contributed by atoms with Crippen molar-refractivity contribution in [2.75, 3.05) is 18.0 Å². The van der Waals surface area contributed by atoms with E-state index in [0.29, 0.717) is 11.5 Å². The van der Waals surface area contributed by atoms with Crippen LogP contribution in [0.4, 0.5) is 10.1 Å². The SMILES string of the molecule is CCC1CCCN(c2ccc(F)cc2[C@H](C)O)C1. The lowest BCUT2D eigenvalue weighted by molar-refractivity contribution is 0.199. The normalized spacial score (nSPS) is 22.0. The van der Waals surface area contributed by atoms with E-state index in [9.17, 15) is 9.50 Å². The summed E-state index contributed by atoms with van der Waals surface area (Å²) in [4.78, 5) is 2.29. The fraction of sp³-hybridized carbons (Fsp3) is 0.600. The molecule has 1 saturated heterocycles. The van der Waals surface area contributed by atoms with Gasteiger partial charge in [0.25, 0.3) is 0 Å². The molecule has 2 rings (SSSR count). The highest BCUT2D eigenvalue weighted by Gasteiger charge is 2.22. The quantitative estimate of drug-likeness (QED) is 0.888. The smallest absolute Gasteiger partial charge is 0.123 e. The Morgan fingerprint density at radius 1 is 1.50 bits per heavy atom. The van der Waals surface area contributed by atoms with Crippen molar-refractivity contribution in [1.29, 1.82) is 0 Å². The van der Waals surface area contributed by atoms with Gasteiger partial charge in [0.1, 0.15) is 5.82 Å². The van der Waals surface area contributed by atoms with E-state index >= 15 is 0 Å². The lowest BCUT2D eigenvalue weighted by Gasteiger charge is -2.35. The first-order valence-electron chi connectivity index (χ1n) is 6.84. The maximum Gasteiger partial charge on any atom is 0.123 e. The first kappa shape index (κ1) is 13.3. The highest BCUT2D eigenvalue weighted by molar-refractivity contribution is 5.55. The zero-order valence-electron chi connectivity index (χ0n) is 11.2. The number of rotatable bonds is 3. The van der Waals surface area contributed by atoms with Crippen molar-refractivity contribution >= 4 is 5.69 Å². The molecule has 1 heterocycles. The van der Waals surface area contributed by atoms with Crippen LogP contribution in [0.3, 0.4) is 0 Å². The Bertz CT molecular complexity index is 405. The van der Waals surface area contributed by atoms with Crippen LogP contribution in [0.5, 0.6) is 0 Å². The van der Waals surface area contributed by atoms with E-state index in [-0.39, 0.29) is 5.82 Å². The summed E-state index contributed by atoms with van der Waals surface area (Å²) in [5, 5.41) is 9.79. The molecule has 1 aliphatic heterocycles. The Morgan fingerprint density at radius 2 is 2.28 bits per heavy atom. The number of hydrogen-bond donors (Lipinski definition) is 1. The van der Waals surface area contributed by atoms with Gasteiger partial charge in [-0.05, 0) is 43.9 Å². The Hall–Kier alpha value is -1.09. The van der Waals surface area contributed by atoms with E-state index in [4.69, 9.17) is 0 Å². The molecule has 0 aliphatic carbocycles. The van der Waals surface area contributed by atoms with Crippen LogP contribution in [-0.2, 0) is 0 Å². The largest absolute Gasteiger partial charge is 0.389 e. The molecule has 0 spiro atoms. The zero-order chi connectivity index (χ0) is 13.1. The summed E-state index contributed by atoms with van der Waals surface area (Å²) in [6.07, 6.45) is 3.01. The number of anilines is 1. The Morgan fingerprint density at radius 3 is 2.94 bits per heavy atom. The van der Waals surface area contributed by atoms with Crippen molar-refractivity contribution in [2.45, 2.75) is 39.2 Å². The maximum absolute atomic E-state index is 13.3. The Labute approximate surface area is 108 Å². The van der Waals surface area contributed by atoms with Crippen LogP contribution < -0.4 is 4.90 Å². The molecule has 1 N–H and O–H groups in total. The van der Waals surface area contributed by atoms with Crippen molar-refractivity contribution in [3.8, 4) is 0 Å². The summed E-state index contributed by atoms with van der Waals surface area (Å²) in [6.45, 7) is 5.93. The number of aliphatic hydroxyl groups excluding tert-OH is 1. The molecule has 0 bridgehead atoms. The van der Waals surface area contributed by atoms with Crippen LogP contribution in [0, 0.1) is 11.7 Å². The van der Waals surface area contributed by atoms with Crippen LogP contribution in [0.15, 0.2) is 18.2 Å². The first-order chi connectivity index (χ1) is 8.61. The molecule has 0 amide bonds. The predicted molar refractivity (Wildman–Crippen MR) is 72.3 cm³/mol. The van der Waals surface area contributed by atoms with Gasteiger partial charge in [0.2, 0.25) is 0 Å². The van der Waals surface area contributed by atoms with Crippen molar-refractivity contribution in [3.05, 3.63) is 29.6 Å². The first-order valence-corrected chi connectivity index (χ1v) is 6.84. The predicted octanol–water partition coefficient (Wildman–Crippen LogP) is 3.51. The highest BCUT2D eigenvalue weighted by Crippen LogP contribution is 2.31. The number of benzene rings is 1. The molecule has 1 fully saturated rings. The molecular formula is C15H22FNO. The van der Waals surface area contributed by atoms with Crippen molar-refractivity contribution in [1.82, 2.24) is 0 Å². The molecule has 0 radical (unpaired) electrons. The van der Waals surface area contributed by atoms with Gasteiger partial charge in [-0.1, -0.05) is 13.3 Å². The Kier molecular flexibility index (Phi) is 4.23. The molecule has 1 aromatic rings. The monoisotopic (exact) mass is 251 g/mol. The average Bonchev–Trinajstić information content (AvgIpc) is 2.38. The maximum atomic E-state index is 13.3. The molecule has 0 saturated carbocycles. The second-order valence-corrected chi connectivity index (χ2v) is 5.24. The van der Waals surface area contributed by atoms with Crippen molar-refractivity contribution in [2.24, 2.45) is 5.92 Å². The van der Waals surface area contributed by atoms with Crippen molar-refractivity contribution < 1.29 is 9.50 Å². The van der Waals surface area contributed by atoms with E-state index in [1.807, 2.05) is 0 Å². The van der Waals surface area contributed by atoms with Gasteiger partial charge in [-0.15, -0.1) is 0 Å². The molecule has 2 nitrogen and oxygen atoms in total.